The second-order valence-corrected chi connectivity index (χ2v) is 4.70. The van der Waals surface area contributed by atoms with Crippen LogP contribution < -0.4 is 10.5 Å². The molecule has 0 radical (unpaired) electrons. The number of aromatic nitrogens is 6. The molecule has 21 heavy (non-hydrogen) atoms. The fourth-order valence-electron chi connectivity index (χ4n) is 1.51. The maximum absolute atomic E-state index is 5.90. The van der Waals surface area contributed by atoms with Crippen LogP contribution in [0.3, 0.4) is 0 Å². The van der Waals surface area contributed by atoms with Gasteiger partial charge in [-0.3, -0.25) is 0 Å². The van der Waals surface area contributed by atoms with E-state index in [0.717, 1.165) is 0 Å². The Morgan fingerprint density at radius 3 is 2.48 bits per heavy atom. The predicted octanol–water partition coefficient (Wildman–Crippen LogP) is 2.13. The van der Waals surface area contributed by atoms with Crippen LogP contribution in [0, 0.1) is 0 Å². The van der Waals surface area contributed by atoms with Crippen molar-refractivity contribution in [3.05, 3.63) is 40.9 Å². The Morgan fingerprint density at radius 2 is 1.81 bits per heavy atom. The minimum absolute atomic E-state index is 0.00802. The highest BCUT2D eigenvalue weighted by Crippen LogP contribution is 2.27. The van der Waals surface area contributed by atoms with Crippen LogP contribution in [0.15, 0.2) is 30.9 Å². The lowest BCUT2D eigenvalue weighted by molar-refractivity contribution is 0.438. The first-order valence-corrected chi connectivity index (χ1v) is 6.36. The molecule has 0 amide bonds. The smallest absolute Gasteiger partial charge is 0.328 e. The van der Waals surface area contributed by atoms with E-state index >= 15 is 0 Å². The summed E-state index contributed by atoms with van der Waals surface area (Å²) in [5, 5.41) is 4.76. The fraction of sp³-hybridized carbons (Fsp3) is 0. The summed E-state index contributed by atoms with van der Waals surface area (Å²) in [7, 11) is 0. The number of hydrogen-bond donors (Lipinski definition) is 1. The number of nitrogens with two attached hydrogens (primary N) is 1. The first-order valence-electron chi connectivity index (χ1n) is 5.60. The van der Waals surface area contributed by atoms with Gasteiger partial charge in [0, 0.05) is 10.0 Å². The molecule has 106 valence electrons. The zero-order chi connectivity index (χ0) is 14.8. The van der Waals surface area contributed by atoms with Gasteiger partial charge in [0.25, 0.3) is 5.95 Å². The first kappa shape index (κ1) is 13.5. The summed E-state index contributed by atoms with van der Waals surface area (Å²) in [6, 6.07) is 4.72. The highest BCUT2D eigenvalue weighted by molar-refractivity contribution is 6.34. The molecule has 2 aromatic heterocycles. The summed E-state index contributed by atoms with van der Waals surface area (Å²) >= 11 is 11.8. The van der Waals surface area contributed by atoms with E-state index < -0.39 is 0 Å². The van der Waals surface area contributed by atoms with Crippen LogP contribution in [0.1, 0.15) is 0 Å². The maximum Gasteiger partial charge on any atom is 0.328 e. The largest absolute Gasteiger partial charge is 0.424 e. The van der Waals surface area contributed by atoms with Gasteiger partial charge in [0.15, 0.2) is 0 Å². The van der Waals surface area contributed by atoms with Gasteiger partial charge in [-0.2, -0.15) is 24.7 Å². The third-order valence-electron chi connectivity index (χ3n) is 2.29. The average Bonchev–Trinajstić information content (AvgIpc) is 2.90. The van der Waals surface area contributed by atoms with Gasteiger partial charge in [-0.05, 0) is 18.2 Å². The zero-order valence-corrected chi connectivity index (χ0v) is 11.8. The van der Waals surface area contributed by atoms with E-state index in [1.807, 2.05) is 0 Å². The van der Waals surface area contributed by atoms with Crippen molar-refractivity contribution < 1.29 is 4.74 Å². The molecule has 2 heterocycles. The SMILES string of the molecule is Nc1nc(Oc2cc(Cl)cc(Cl)c2)nc(-n2cncn2)n1. The third-order valence-corrected chi connectivity index (χ3v) is 2.73. The number of anilines is 1. The van der Waals surface area contributed by atoms with Crippen molar-refractivity contribution in [2.24, 2.45) is 0 Å². The van der Waals surface area contributed by atoms with Gasteiger partial charge < -0.3 is 10.5 Å². The standard InChI is InChI=1S/C11H7Cl2N7O/c12-6-1-7(13)3-8(2-6)21-11-18-9(14)17-10(19-11)20-5-15-4-16-20/h1-5H,(H2,14,17,18,19). The van der Waals surface area contributed by atoms with Gasteiger partial charge in [0.2, 0.25) is 5.95 Å². The number of rotatable bonds is 3. The quantitative estimate of drug-likeness (QED) is 0.787. The Bertz CT molecular complexity index is 758. The van der Waals surface area contributed by atoms with Crippen molar-refractivity contribution in [3.63, 3.8) is 0 Å². The zero-order valence-electron chi connectivity index (χ0n) is 10.3. The second kappa shape index (κ2) is 5.51. The molecule has 0 aliphatic heterocycles. The normalized spacial score (nSPS) is 10.6. The van der Waals surface area contributed by atoms with Crippen molar-refractivity contribution in [1.29, 1.82) is 0 Å². The number of nitrogens with zero attached hydrogens (tertiary/aromatic N) is 6. The lowest BCUT2D eigenvalue weighted by Gasteiger charge is -2.06. The van der Waals surface area contributed by atoms with Gasteiger partial charge in [-0.25, -0.2) is 4.98 Å². The Hall–Kier alpha value is -2.45. The summed E-state index contributed by atoms with van der Waals surface area (Å²) in [6.07, 6.45) is 2.77. The highest BCUT2D eigenvalue weighted by Gasteiger charge is 2.10. The van der Waals surface area contributed by atoms with Gasteiger partial charge >= 0.3 is 6.01 Å². The second-order valence-electron chi connectivity index (χ2n) is 3.82. The van der Waals surface area contributed by atoms with E-state index in [0.29, 0.717) is 15.8 Å². The number of nitrogen functional groups attached to an aromatic ring is 1. The third kappa shape index (κ3) is 3.18. The summed E-state index contributed by atoms with van der Waals surface area (Å²) in [4.78, 5) is 15.7. The molecule has 0 saturated heterocycles. The van der Waals surface area contributed by atoms with Crippen LogP contribution in [0.25, 0.3) is 5.95 Å². The van der Waals surface area contributed by atoms with Crippen LogP contribution in [0.5, 0.6) is 11.8 Å². The van der Waals surface area contributed by atoms with E-state index in [4.69, 9.17) is 33.7 Å². The minimum atomic E-state index is -0.0152. The molecule has 0 saturated carbocycles. The summed E-state index contributed by atoms with van der Waals surface area (Å²) < 4.78 is 6.82. The van der Waals surface area contributed by atoms with Gasteiger partial charge in [0.1, 0.15) is 18.4 Å². The van der Waals surface area contributed by atoms with E-state index in [1.165, 1.54) is 17.3 Å². The van der Waals surface area contributed by atoms with Crippen LogP contribution in [0.4, 0.5) is 5.95 Å². The number of hydrogen-bond acceptors (Lipinski definition) is 7. The van der Waals surface area contributed by atoms with Crippen LogP contribution in [0.2, 0.25) is 10.0 Å². The van der Waals surface area contributed by atoms with Crippen molar-refractivity contribution in [3.8, 4) is 17.7 Å². The molecule has 0 atom stereocenters. The lowest BCUT2D eigenvalue weighted by atomic mass is 10.3. The van der Waals surface area contributed by atoms with E-state index in [1.54, 1.807) is 18.2 Å². The Balaban J connectivity index is 1.95. The van der Waals surface area contributed by atoms with Crippen molar-refractivity contribution in [1.82, 2.24) is 29.7 Å². The van der Waals surface area contributed by atoms with Gasteiger partial charge in [-0.15, -0.1) is 0 Å². The highest BCUT2D eigenvalue weighted by atomic mass is 35.5. The molecule has 0 bridgehead atoms. The van der Waals surface area contributed by atoms with Gasteiger partial charge in [0.05, 0.1) is 0 Å². The summed E-state index contributed by atoms with van der Waals surface area (Å²) in [5.74, 6) is 0.546. The summed E-state index contributed by atoms with van der Waals surface area (Å²) in [5.41, 5.74) is 5.62. The van der Waals surface area contributed by atoms with Crippen molar-refractivity contribution in [2.45, 2.75) is 0 Å². The topological polar surface area (TPSA) is 105 Å². The molecule has 3 aromatic rings. The van der Waals surface area contributed by atoms with Crippen LogP contribution >= 0.6 is 23.2 Å². The molecule has 0 fully saturated rings. The van der Waals surface area contributed by atoms with E-state index in [2.05, 4.69) is 25.0 Å². The van der Waals surface area contributed by atoms with E-state index in [9.17, 15) is 0 Å². The van der Waals surface area contributed by atoms with Crippen LogP contribution in [-0.4, -0.2) is 29.7 Å². The molecule has 1 aromatic carbocycles. The monoisotopic (exact) mass is 323 g/mol. The molecule has 10 heteroatoms. The Morgan fingerprint density at radius 1 is 1.05 bits per heavy atom. The van der Waals surface area contributed by atoms with Crippen molar-refractivity contribution >= 4 is 29.2 Å². The first-order chi connectivity index (χ1) is 10.1. The molecule has 2 N–H and O–H groups in total. The molecule has 0 aliphatic carbocycles. The lowest BCUT2D eigenvalue weighted by Crippen LogP contribution is -2.07. The summed E-state index contributed by atoms with van der Waals surface area (Å²) in [6.45, 7) is 0. The molecule has 3 rings (SSSR count). The maximum atomic E-state index is 5.90. The van der Waals surface area contributed by atoms with Crippen molar-refractivity contribution in [2.75, 3.05) is 5.73 Å². The molecular weight excluding hydrogens is 317 g/mol. The molecule has 0 unspecified atom stereocenters. The number of benzene rings is 1. The number of halogens is 2. The predicted molar refractivity (Wildman–Crippen MR) is 75.7 cm³/mol. The van der Waals surface area contributed by atoms with E-state index in [-0.39, 0.29) is 17.9 Å². The number of ether oxygens (including phenoxy) is 1. The van der Waals surface area contributed by atoms with Crippen LogP contribution in [-0.2, 0) is 0 Å². The van der Waals surface area contributed by atoms with Gasteiger partial charge in [-0.1, -0.05) is 23.2 Å². The molecule has 0 spiro atoms. The molecule has 8 nitrogen and oxygen atoms in total. The average molecular weight is 324 g/mol. The molecular formula is C11H7Cl2N7O. The molecule has 0 aliphatic rings. The fourth-order valence-corrected chi connectivity index (χ4v) is 2.02. The Labute approximate surface area is 128 Å². The minimum Gasteiger partial charge on any atom is -0.424 e. The Kier molecular flexibility index (Phi) is 3.55.